The highest BCUT2D eigenvalue weighted by Gasteiger charge is 2.11. The molecule has 1 heteroatoms. The van der Waals surface area contributed by atoms with Gasteiger partial charge in [0.15, 0.2) is 0 Å². The van der Waals surface area contributed by atoms with Crippen LogP contribution < -0.4 is 0 Å². The molecule has 0 atom stereocenters. The van der Waals surface area contributed by atoms with Crippen LogP contribution in [-0.4, -0.2) is 4.75 Å². The highest BCUT2D eigenvalue weighted by atomic mass is 32.1. The lowest BCUT2D eigenvalue weighted by molar-refractivity contribution is 0.846. The molecule has 0 aliphatic rings. The summed E-state index contributed by atoms with van der Waals surface area (Å²) in [5, 5.41) is 0. The zero-order valence-corrected chi connectivity index (χ0v) is 5.93. The highest BCUT2D eigenvalue weighted by molar-refractivity contribution is 7.82. The second-order valence-electron chi connectivity index (χ2n) is 2.29. The van der Waals surface area contributed by atoms with Gasteiger partial charge in [-0.3, -0.25) is 0 Å². The minimum absolute atomic E-state index is 0.111. The van der Waals surface area contributed by atoms with E-state index in [4.69, 9.17) is 12.6 Å². The molecule has 0 aliphatic heterocycles. The minimum Gasteiger partial charge on any atom is -0.0987 e. The Kier molecular flexibility index (Phi) is 1.93. The molecule has 7 heavy (non-hydrogen) atoms. The Morgan fingerprint density at radius 3 is 1.71 bits per heavy atom. The molecular weight excluding hydrogens is 104 g/mol. The molecule has 0 nitrogen and oxygen atoms in total. The summed E-state index contributed by atoms with van der Waals surface area (Å²) in [4.78, 5) is 0. The summed E-state index contributed by atoms with van der Waals surface area (Å²) in [7, 11) is 0. The van der Waals surface area contributed by atoms with E-state index in [-0.39, 0.29) is 4.75 Å². The number of hydrogen-bond acceptors (Lipinski definition) is 0. The van der Waals surface area contributed by atoms with E-state index in [1.807, 2.05) is 20.8 Å². The molecule has 0 aromatic carbocycles. The SMILES string of the molecule is C=C(C)C(C)(C)[S]. The Hall–Kier alpha value is 0.0900. The average molecular weight is 115 g/mol. The minimum atomic E-state index is -0.111. The van der Waals surface area contributed by atoms with Crippen LogP contribution in [0, 0.1) is 0 Å². The van der Waals surface area contributed by atoms with Gasteiger partial charge in [0.1, 0.15) is 0 Å². The predicted octanol–water partition coefficient (Wildman–Crippen LogP) is 2.54. The lowest BCUT2D eigenvalue weighted by atomic mass is 10.1. The lowest BCUT2D eigenvalue weighted by Gasteiger charge is -2.14. The molecule has 0 spiro atoms. The molecule has 0 saturated carbocycles. The maximum Gasteiger partial charge on any atom is 0.0410 e. The third-order valence-electron chi connectivity index (χ3n) is 1.03. The maximum absolute atomic E-state index is 5.01. The molecule has 0 amide bonds. The Labute approximate surface area is 51.0 Å². The predicted molar refractivity (Wildman–Crippen MR) is 36.5 cm³/mol. The molecular formula is C6H11S. The van der Waals surface area contributed by atoms with Crippen LogP contribution >= 0.6 is 12.6 Å². The lowest BCUT2D eigenvalue weighted by Crippen LogP contribution is -2.09. The summed E-state index contributed by atoms with van der Waals surface area (Å²) in [5.74, 6) is 0. The normalized spacial score (nSPS) is 11.4. The van der Waals surface area contributed by atoms with Gasteiger partial charge in [-0.15, -0.1) is 0 Å². The molecule has 0 rings (SSSR count). The van der Waals surface area contributed by atoms with E-state index in [0.29, 0.717) is 0 Å². The Morgan fingerprint density at radius 2 is 1.71 bits per heavy atom. The molecule has 0 unspecified atom stereocenters. The van der Waals surface area contributed by atoms with Crippen molar-refractivity contribution < 1.29 is 0 Å². The first-order valence-corrected chi connectivity index (χ1v) is 2.72. The molecule has 0 N–H and O–H groups in total. The first-order chi connectivity index (χ1) is 2.94. The van der Waals surface area contributed by atoms with Gasteiger partial charge in [0.2, 0.25) is 0 Å². The Balaban J connectivity index is 3.79. The summed E-state index contributed by atoms with van der Waals surface area (Å²) >= 11 is 5.01. The number of hydrogen-bond donors (Lipinski definition) is 0. The summed E-state index contributed by atoms with van der Waals surface area (Å²) in [6.45, 7) is 9.63. The van der Waals surface area contributed by atoms with Crippen molar-refractivity contribution in [2.45, 2.75) is 25.5 Å². The van der Waals surface area contributed by atoms with E-state index in [0.717, 1.165) is 5.57 Å². The third kappa shape index (κ3) is 2.75. The third-order valence-corrected chi connectivity index (χ3v) is 1.38. The van der Waals surface area contributed by atoms with Gasteiger partial charge in [0, 0.05) is 4.75 Å². The maximum atomic E-state index is 5.01. The van der Waals surface area contributed by atoms with Crippen LogP contribution in [0.15, 0.2) is 12.2 Å². The molecule has 0 heterocycles. The summed E-state index contributed by atoms with van der Waals surface area (Å²) in [6, 6.07) is 0. The van der Waals surface area contributed by atoms with Gasteiger partial charge in [-0.25, -0.2) is 0 Å². The molecule has 0 fully saturated rings. The van der Waals surface area contributed by atoms with Crippen molar-refractivity contribution in [1.29, 1.82) is 0 Å². The molecule has 0 bridgehead atoms. The van der Waals surface area contributed by atoms with Crippen LogP contribution in [0.4, 0.5) is 0 Å². The number of rotatable bonds is 1. The van der Waals surface area contributed by atoms with Gasteiger partial charge in [-0.1, -0.05) is 24.8 Å². The average Bonchev–Trinajstić information content (AvgIpc) is 1.31. The van der Waals surface area contributed by atoms with Crippen LogP contribution in [0.2, 0.25) is 0 Å². The Morgan fingerprint density at radius 1 is 1.57 bits per heavy atom. The van der Waals surface area contributed by atoms with Crippen LogP contribution in [0.3, 0.4) is 0 Å². The van der Waals surface area contributed by atoms with E-state index in [2.05, 4.69) is 6.58 Å². The van der Waals surface area contributed by atoms with Crippen molar-refractivity contribution in [1.82, 2.24) is 0 Å². The molecule has 0 aliphatic carbocycles. The first kappa shape index (κ1) is 7.09. The molecule has 0 aromatic rings. The van der Waals surface area contributed by atoms with Crippen molar-refractivity contribution in [2.75, 3.05) is 0 Å². The molecule has 41 valence electrons. The molecule has 0 saturated heterocycles. The van der Waals surface area contributed by atoms with Crippen LogP contribution in [-0.2, 0) is 0 Å². The van der Waals surface area contributed by atoms with Gasteiger partial charge >= 0.3 is 0 Å². The van der Waals surface area contributed by atoms with Crippen LogP contribution in [0.5, 0.6) is 0 Å². The summed E-state index contributed by atoms with van der Waals surface area (Å²) in [6.07, 6.45) is 0. The van der Waals surface area contributed by atoms with Gasteiger partial charge in [-0.2, -0.15) is 0 Å². The highest BCUT2D eigenvalue weighted by Crippen LogP contribution is 2.19. The van der Waals surface area contributed by atoms with Crippen molar-refractivity contribution >= 4 is 12.6 Å². The van der Waals surface area contributed by atoms with Crippen molar-refractivity contribution in [2.24, 2.45) is 0 Å². The fourth-order valence-corrected chi connectivity index (χ4v) is 0. The van der Waals surface area contributed by atoms with E-state index in [9.17, 15) is 0 Å². The zero-order valence-electron chi connectivity index (χ0n) is 5.12. The smallest absolute Gasteiger partial charge is 0.0410 e. The van der Waals surface area contributed by atoms with E-state index in [1.54, 1.807) is 0 Å². The van der Waals surface area contributed by atoms with Gasteiger partial charge < -0.3 is 0 Å². The first-order valence-electron chi connectivity index (χ1n) is 2.31. The second kappa shape index (κ2) is 1.91. The Bertz CT molecular complexity index is 76.7. The van der Waals surface area contributed by atoms with Gasteiger partial charge in [0.05, 0.1) is 0 Å². The van der Waals surface area contributed by atoms with E-state index >= 15 is 0 Å². The van der Waals surface area contributed by atoms with Crippen molar-refractivity contribution in [3.05, 3.63) is 12.2 Å². The molecule has 0 aromatic heterocycles. The summed E-state index contributed by atoms with van der Waals surface area (Å²) in [5.41, 5.74) is 1.06. The quantitative estimate of drug-likeness (QED) is 0.461. The van der Waals surface area contributed by atoms with Crippen molar-refractivity contribution in [3.8, 4) is 0 Å². The van der Waals surface area contributed by atoms with Crippen molar-refractivity contribution in [3.63, 3.8) is 0 Å². The summed E-state index contributed by atoms with van der Waals surface area (Å²) < 4.78 is -0.111. The fourth-order valence-electron chi connectivity index (χ4n) is 0. The topological polar surface area (TPSA) is 0 Å². The fraction of sp³-hybridized carbons (Fsp3) is 0.667. The van der Waals surface area contributed by atoms with Gasteiger partial charge in [-0.05, 0) is 20.8 Å². The van der Waals surface area contributed by atoms with Gasteiger partial charge in [0.25, 0.3) is 0 Å². The monoisotopic (exact) mass is 115 g/mol. The zero-order chi connectivity index (χ0) is 6.08. The van der Waals surface area contributed by atoms with E-state index < -0.39 is 0 Å². The standard InChI is InChI=1S/C6H11S/c1-5(2)6(3,4)7/h1H2,2-4H3. The van der Waals surface area contributed by atoms with Crippen LogP contribution in [0.1, 0.15) is 20.8 Å². The van der Waals surface area contributed by atoms with E-state index in [1.165, 1.54) is 0 Å². The molecule has 1 radical (unpaired) electrons. The largest absolute Gasteiger partial charge is 0.0987 e. The second-order valence-corrected chi connectivity index (χ2v) is 3.31. The van der Waals surface area contributed by atoms with Crippen LogP contribution in [0.25, 0.3) is 0 Å².